The van der Waals surface area contributed by atoms with Crippen LogP contribution in [0.5, 0.6) is 11.5 Å². The molecular weight excluding hydrogens is 701 g/mol. The van der Waals surface area contributed by atoms with Crippen molar-refractivity contribution in [3.05, 3.63) is 110 Å². The molecule has 3 atom stereocenters. The number of methoxy groups -OCH3 is 2. The van der Waals surface area contributed by atoms with Gasteiger partial charge in [-0.05, 0) is 67.2 Å². The monoisotopic (exact) mass is 741 g/mol. The molecule has 3 N–H and O–H groups in total. The third kappa shape index (κ3) is 8.95. The summed E-state index contributed by atoms with van der Waals surface area (Å²) < 4.78 is 23.0. The molecule has 2 bridgehead atoms. The number of H-pyrrole nitrogens is 1. The summed E-state index contributed by atoms with van der Waals surface area (Å²) in [4.78, 5) is 33.7. The van der Waals surface area contributed by atoms with Gasteiger partial charge >= 0.3 is 11.9 Å². The van der Waals surface area contributed by atoms with E-state index in [1.165, 1.54) is 24.2 Å². The number of aromatic nitrogens is 1. The fraction of sp³-hybridized carbons (Fsp3) is 0.378. The Kier molecular flexibility index (Phi) is 13.1. The fourth-order valence-electron chi connectivity index (χ4n) is 6.64. The summed E-state index contributed by atoms with van der Waals surface area (Å²) in [6, 6.07) is 17.9. The predicted molar refractivity (Wildman–Crippen MR) is 190 cm³/mol. The Balaban J connectivity index is 0.00000486. The van der Waals surface area contributed by atoms with Crippen LogP contribution in [0.2, 0.25) is 10.0 Å². The lowest BCUT2D eigenvalue weighted by Crippen LogP contribution is -2.49. The number of hydrogen-bond donors (Lipinski definition) is 1. The first kappa shape index (κ1) is 37.5. The van der Waals surface area contributed by atoms with Gasteiger partial charge in [-0.25, -0.2) is 14.6 Å². The fourth-order valence-corrected chi connectivity index (χ4v) is 8.02. The molecule has 1 unspecified atom stereocenters. The summed E-state index contributed by atoms with van der Waals surface area (Å²) in [5.74, 6) is 1.25. The third-order valence-corrected chi connectivity index (χ3v) is 11.1. The SMILES string of the molecule is COc1ccc([C@H](Cc2c(Cl)c[nH+]cc2Cl)OC(=O)c2ccc(CNC(C(=O)OC[C@H]3CN4CCC3CC4)c3ccccc3)s2)cc1OC.[OH-]. The molecule has 13 heteroatoms. The van der Waals surface area contributed by atoms with Crippen LogP contribution in [0.1, 0.15) is 56.2 Å². The van der Waals surface area contributed by atoms with Crippen LogP contribution < -0.4 is 19.8 Å². The van der Waals surface area contributed by atoms with Crippen LogP contribution in [-0.4, -0.2) is 62.8 Å². The first-order chi connectivity index (χ1) is 23.8. The van der Waals surface area contributed by atoms with Gasteiger partial charge in [0, 0.05) is 35.9 Å². The summed E-state index contributed by atoms with van der Waals surface area (Å²) in [6.07, 6.45) is 5.10. The summed E-state index contributed by atoms with van der Waals surface area (Å²) >= 11 is 14.3. The molecule has 0 saturated carbocycles. The van der Waals surface area contributed by atoms with E-state index in [2.05, 4.69) is 15.2 Å². The van der Waals surface area contributed by atoms with Crippen LogP contribution in [0.15, 0.2) is 73.1 Å². The van der Waals surface area contributed by atoms with Crippen molar-refractivity contribution < 1.29 is 39.0 Å². The maximum atomic E-state index is 13.6. The van der Waals surface area contributed by atoms with E-state index in [-0.39, 0.29) is 17.9 Å². The van der Waals surface area contributed by atoms with Crippen molar-refractivity contribution in [1.82, 2.24) is 10.2 Å². The van der Waals surface area contributed by atoms with Gasteiger partial charge in [0.25, 0.3) is 0 Å². The van der Waals surface area contributed by atoms with Crippen molar-refractivity contribution in [3.8, 4) is 11.5 Å². The van der Waals surface area contributed by atoms with Gasteiger partial charge in [0.15, 0.2) is 23.9 Å². The van der Waals surface area contributed by atoms with E-state index in [1.807, 2.05) is 42.5 Å². The number of aromatic amines is 1. The highest BCUT2D eigenvalue weighted by atomic mass is 35.5. The van der Waals surface area contributed by atoms with Gasteiger partial charge in [-0.1, -0.05) is 59.6 Å². The molecule has 4 aromatic rings. The predicted octanol–water partition coefficient (Wildman–Crippen LogP) is 6.57. The average Bonchev–Trinajstić information content (AvgIpc) is 3.62. The molecule has 3 aliphatic heterocycles. The van der Waals surface area contributed by atoms with E-state index in [1.54, 1.807) is 44.8 Å². The van der Waals surface area contributed by atoms with Crippen LogP contribution in [-0.2, 0) is 27.2 Å². The number of carbonyl (C=O) groups excluding carboxylic acids is 2. The Labute approximate surface area is 305 Å². The number of esters is 2. The van der Waals surface area contributed by atoms with Crippen LogP contribution >= 0.6 is 34.5 Å². The molecule has 0 amide bonds. The Morgan fingerprint density at radius 1 is 0.960 bits per heavy atom. The highest BCUT2D eigenvalue weighted by Crippen LogP contribution is 2.36. The van der Waals surface area contributed by atoms with E-state index < -0.39 is 18.1 Å². The number of nitrogens with zero attached hydrogens (tertiary/aromatic N) is 1. The normalized spacial score (nSPS) is 19.2. The number of benzene rings is 2. The van der Waals surface area contributed by atoms with Crippen molar-refractivity contribution >= 4 is 46.5 Å². The lowest BCUT2D eigenvalue weighted by atomic mass is 9.79. The molecule has 266 valence electrons. The van der Waals surface area contributed by atoms with Gasteiger partial charge in [0.05, 0.1) is 20.8 Å². The van der Waals surface area contributed by atoms with E-state index in [9.17, 15) is 9.59 Å². The first-order valence-electron chi connectivity index (χ1n) is 16.4. The second-order valence-corrected chi connectivity index (χ2v) is 14.3. The van der Waals surface area contributed by atoms with Gasteiger partial charge < -0.3 is 29.3 Å². The minimum atomic E-state index is -0.734. The summed E-state index contributed by atoms with van der Waals surface area (Å²) in [6.45, 7) is 4.07. The topological polar surface area (TPSA) is 130 Å². The molecule has 0 spiro atoms. The minimum absolute atomic E-state index is 0. The van der Waals surface area contributed by atoms with E-state index in [0.29, 0.717) is 62.5 Å². The zero-order chi connectivity index (χ0) is 34.3. The molecule has 50 heavy (non-hydrogen) atoms. The number of nitrogens with one attached hydrogen (secondary N) is 2. The largest absolute Gasteiger partial charge is 0.870 e. The lowest BCUT2D eigenvalue weighted by molar-refractivity contribution is -0.377. The standard InChI is InChI=1S/C37H39Cl2N3O6S.H2O/c1-45-31-10-8-25(16-33(31)46-2)32(17-28-29(38)19-40-20-30(28)39)48-36(43)34-11-9-27(49-34)18-41-35(24-6-4-3-5-7-24)37(44)47-22-26-21-42-14-12-23(26)13-15-42;/h3-11,16,19-20,23,26,32,35,41H,12-15,17-18,21-22H2,1-2H3;1H2/t26-,32+,35?;/m1./s1. The van der Waals surface area contributed by atoms with Crippen LogP contribution in [0, 0.1) is 11.8 Å². The Bertz CT molecular complexity index is 1730. The molecule has 3 fully saturated rings. The highest BCUT2D eigenvalue weighted by Gasteiger charge is 2.35. The Morgan fingerprint density at radius 3 is 2.34 bits per heavy atom. The number of piperidine rings is 3. The molecule has 2 aromatic carbocycles. The molecule has 7 rings (SSSR count). The van der Waals surface area contributed by atoms with Gasteiger partial charge in [-0.2, -0.15) is 0 Å². The number of carbonyl (C=O) groups is 2. The highest BCUT2D eigenvalue weighted by molar-refractivity contribution is 7.13. The van der Waals surface area contributed by atoms with Gasteiger partial charge in [0.2, 0.25) is 0 Å². The molecular formula is C37H41Cl2N3O7S. The molecule has 2 aromatic heterocycles. The molecule has 10 nitrogen and oxygen atoms in total. The maximum absolute atomic E-state index is 13.6. The van der Waals surface area contributed by atoms with Crippen molar-refractivity contribution in [2.75, 3.05) is 40.5 Å². The average molecular weight is 743 g/mol. The van der Waals surface area contributed by atoms with Crippen molar-refractivity contribution in [2.24, 2.45) is 11.8 Å². The van der Waals surface area contributed by atoms with Crippen molar-refractivity contribution in [2.45, 2.75) is 38.0 Å². The molecule has 0 aliphatic carbocycles. The molecule has 3 aliphatic rings. The zero-order valence-corrected chi connectivity index (χ0v) is 30.2. The van der Waals surface area contributed by atoms with Gasteiger partial charge in [-0.15, -0.1) is 11.3 Å². The number of rotatable bonds is 14. The maximum Gasteiger partial charge on any atom is 0.348 e. The quantitative estimate of drug-likeness (QED) is 0.143. The Hall–Kier alpha value is -3.71. The summed E-state index contributed by atoms with van der Waals surface area (Å²) in [7, 11) is 3.10. The number of ether oxygens (including phenoxy) is 4. The minimum Gasteiger partial charge on any atom is -0.870 e. The van der Waals surface area contributed by atoms with E-state index >= 15 is 0 Å². The van der Waals surface area contributed by atoms with Crippen molar-refractivity contribution in [1.29, 1.82) is 0 Å². The molecule has 5 heterocycles. The van der Waals surface area contributed by atoms with E-state index in [4.69, 9.17) is 42.1 Å². The number of hydrogen-bond acceptors (Lipinski definition) is 10. The number of fused-ring (bicyclic) bond motifs is 3. The lowest BCUT2D eigenvalue weighted by Gasteiger charge is -2.44. The zero-order valence-electron chi connectivity index (χ0n) is 27.9. The van der Waals surface area contributed by atoms with Gasteiger partial charge in [0.1, 0.15) is 27.1 Å². The number of halogens is 2. The van der Waals surface area contributed by atoms with Crippen molar-refractivity contribution in [3.63, 3.8) is 0 Å². The molecule has 3 saturated heterocycles. The van der Waals surface area contributed by atoms with Crippen LogP contribution in [0.25, 0.3) is 0 Å². The Morgan fingerprint density at radius 2 is 1.68 bits per heavy atom. The molecule has 0 radical (unpaired) electrons. The second-order valence-electron chi connectivity index (χ2n) is 12.4. The summed E-state index contributed by atoms with van der Waals surface area (Å²) in [5.41, 5.74) is 2.15. The number of thiophene rings is 1. The summed E-state index contributed by atoms with van der Waals surface area (Å²) in [5, 5.41) is 4.23. The third-order valence-electron chi connectivity index (χ3n) is 9.36. The number of pyridine rings is 1. The van der Waals surface area contributed by atoms with Crippen LogP contribution in [0.3, 0.4) is 0 Å². The van der Waals surface area contributed by atoms with Crippen LogP contribution in [0.4, 0.5) is 0 Å². The second kappa shape index (κ2) is 17.5. The smallest absolute Gasteiger partial charge is 0.348 e. The van der Waals surface area contributed by atoms with E-state index in [0.717, 1.165) is 30.1 Å². The first-order valence-corrected chi connectivity index (χ1v) is 17.9. The van der Waals surface area contributed by atoms with Gasteiger partial charge in [-0.3, -0.25) is 5.32 Å².